The van der Waals surface area contributed by atoms with Crippen LogP contribution in [0.25, 0.3) is 0 Å². The number of benzene rings is 3. The van der Waals surface area contributed by atoms with Crippen molar-refractivity contribution >= 4 is 38.9 Å². The lowest BCUT2D eigenvalue weighted by molar-refractivity contribution is 0.403. The van der Waals surface area contributed by atoms with Crippen LogP contribution in [0.5, 0.6) is 23.0 Å². The van der Waals surface area contributed by atoms with Crippen LogP contribution in [0.2, 0.25) is 10.0 Å². The van der Waals surface area contributed by atoms with E-state index in [2.05, 4.69) is 4.72 Å². The second kappa shape index (κ2) is 8.82. The molecule has 9 heteroatoms. The van der Waals surface area contributed by atoms with Gasteiger partial charge < -0.3 is 14.2 Å². The molecular weight excluding hydrogens is 437 g/mol. The minimum Gasteiger partial charge on any atom is -0.497 e. The van der Waals surface area contributed by atoms with E-state index < -0.39 is 10.0 Å². The molecule has 0 saturated heterocycles. The molecule has 6 nitrogen and oxygen atoms in total. The van der Waals surface area contributed by atoms with Gasteiger partial charge in [0.2, 0.25) is 0 Å². The third-order valence-corrected chi connectivity index (χ3v) is 5.75. The molecule has 3 rings (SSSR count). The van der Waals surface area contributed by atoms with Crippen molar-refractivity contribution in [3.63, 3.8) is 0 Å². The minimum absolute atomic E-state index is 0.108. The van der Waals surface area contributed by atoms with Gasteiger partial charge in [0.1, 0.15) is 22.1 Å². The number of halogens is 2. The second-order valence-electron chi connectivity index (χ2n) is 5.82. The topological polar surface area (TPSA) is 73.9 Å². The highest BCUT2D eigenvalue weighted by Crippen LogP contribution is 2.35. The van der Waals surface area contributed by atoms with Gasteiger partial charge in [-0.05, 0) is 60.7 Å². The molecule has 152 valence electrons. The highest BCUT2D eigenvalue weighted by atomic mass is 35.5. The van der Waals surface area contributed by atoms with E-state index in [9.17, 15) is 8.42 Å². The predicted octanol–water partition coefficient (Wildman–Crippen LogP) is 5.60. The molecule has 29 heavy (non-hydrogen) atoms. The van der Waals surface area contributed by atoms with Gasteiger partial charge in [-0.2, -0.15) is 0 Å². The summed E-state index contributed by atoms with van der Waals surface area (Å²) in [4.78, 5) is -0.108. The molecule has 3 aromatic carbocycles. The Kier molecular flexibility index (Phi) is 6.42. The van der Waals surface area contributed by atoms with Crippen molar-refractivity contribution in [3.8, 4) is 23.0 Å². The van der Waals surface area contributed by atoms with Crippen molar-refractivity contribution in [2.75, 3.05) is 18.9 Å². The summed E-state index contributed by atoms with van der Waals surface area (Å²) in [6.07, 6.45) is 0. The lowest BCUT2D eigenvalue weighted by Crippen LogP contribution is -2.14. The summed E-state index contributed by atoms with van der Waals surface area (Å²) in [5, 5.41) is 0.592. The number of nitrogens with one attached hydrogen (secondary N) is 1. The molecule has 0 saturated carbocycles. The Morgan fingerprint density at radius 3 is 1.97 bits per heavy atom. The minimum atomic E-state index is -4.04. The molecule has 0 aliphatic carbocycles. The Bertz CT molecular complexity index is 1120. The van der Waals surface area contributed by atoms with Gasteiger partial charge in [0.05, 0.1) is 19.9 Å². The smallest absolute Gasteiger partial charge is 0.265 e. The van der Waals surface area contributed by atoms with Gasteiger partial charge in [-0.1, -0.05) is 23.2 Å². The Morgan fingerprint density at radius 2 is 1.34 bits per heavy atom. The molecule has 0 aromatic heterocycles. The lowest BCUT2D eigenvalue weighted by atomic mass is 10.3. The van der Waals surface area contributed by atoms with E-state index in [-0.39, 0.29) is 27.1 Å². The molecular formula is C20H17Cl2NO5S. The molecule has 0 aliphatic rings. The third-order valence-electron chi connectivity index (χ3n) is 3.89. The summed E-state index contributed by atoms with van der Waals surface area (Å²) in [5.74, 6) is 1.59. The zero-order valence-corrected chi connectivity index (χ0v) is 17.8. The van der Waals surface area contributed by atoms with E-state index in [1.165, 1.54) is 31.4 Å². The quantitative estimate of drug-likeness (QED) is 0.503. The summed E-state index contributed by atoms with van der Waals surface area (Å²) in [6.45, 7) is 0. The van der Waals surface area contributed by atoms with Gasteiger partial charge in [-0.3, -0.25) is 4.72 Å². The maximum absolute atomic E-state index is 13.0. The Labute approximate surface area is 179 Å². The van der Waals surface area contributed by atoms with Crippen LogP contribution < -0.4 is 18.9 Å². The Morgan fingerprint density at radius 1 is 0.759 bits per heavy atom. The van der Waals surface area contributed by atoms with Crippen LogP contribution >= 0.6 is 23.2 Å². The van der Waals surface area contributed by atoms with E-state index in [1.54, 1.807) is 43.5 Å². The molecule has 0 amide bonds. The number of hydrogen-bond acceptors (Lipinski definition) is 5. The number of anilines is 1. The van der Waals surface area contributed by atoms with Crippen LogP contribution in [0.15, 0.2) is 65.6 Å². The fraction of sp³-hybridized carbons (Fsp3) is 0.100. The van der Waals surface area contributed by atoms with Crippen LogP contribution in [0.3, 0.4) is 0 Å². The van der Waals surface area contributed by atoms with Crippen LogP contribution in [-0.2, 0) is 10.0 Å². The van der Waals surface area contributed by atoms with Crippen molar-refractivity contribution in [1.82, 2.24) is 0 Å². The number of rotatable bonds is 7. The number of hydrogen-bond donors (Lipinski definition) is 1. The molecule has 1 N–H and O–H groups in total. The molecule has 0 heterocycles. The van der Waals surface area contributed by atoms with Gasteiger partial charge in [0.25, 0.3) is 10.0 Å². The van der Waals surface area contributed by atoms with Crippen LogP contribution in [0, 0.1) is 0 Å². The zero-order valence-electron chi connectivity index (χ0n) is 15.5. The van der Waals surface area contributed by atoms with Crippen LogP contribution in [-0.4, -0.2) is 22.6 Å². The van der Waals surface area contributed by atoms with Gasteiger partial charge in [0.15, 0.2) is 5.75 Å². The van der Waals surface area contributed by atoms with E-state index in [0.29, 0.717) is 16.5 Å². The number of sulfonamides is 1. The average molecular weight is 454 g/mol. The monoisotopic (exact) mass is 453 g/mol. The second-order valence-corrected chi connectivity index (χ2v) is 8.34. The van der Waals surface area contributed by atoms with E-state index in [0.717, 1.165) is 0 Å². The molecule has 3 aromatic rings. The lowest BCUT2D eigenvalue weighted by Gasteiger charge is -2.15. The van der Waals surface area contributed by atoms with Crippen molar-refractivity contribution in [2.24, 2.45) is 0 Å². The van der Waals surface area contributed by atoms with Crippen molar-refractivity contribution in [2.45, 2.75) is 4.90 Å². The summed E-state index contributed by atoms with van der Waals surface area (Å²) in [7, 11) is -1.10. The summed E-state index contributed by atoms with van der Waals surface area (Å²) in [6, 6.07) is 15.8. The molecule has 0 radical (unpaired) electrons. The Balaban J connectivity index is 1.96. The van der Waals surface area contributed by atoms with Gasteiger partial charge in [-0.15, -0.1) is 0 Å². The highest BCUT2D eigenvalue weighted by molar-refractivity contribution is 7.92. The van der Waals surface area contributed by atoms with Gasteiger partial charge >= 0.3 is 0 Å². The maximum Gasteiger partial charge on any atom is 0.265 e. The van der Waals surface area contributed by atoms with E-state index in [4.69, 9.17) is 37.4 Å². The first-order valence-corrected chi connectivity index (χ1v) is 10.5. The van der Waals surface area contributed by atoms with Crippen LogP contribution in [0.4, 0.5) is 5.69 Å². The molecule has 0 unspecified atom stereocenters. The molecule has 0 spiro atoms. The number of ether oxygens (including phenoxy) is 3. The first-order valence-electron chi connectivity index (χ1n) is 8.30. The third kappa shape index (κ3) is 5.06. The van der Waals surface area contributed by atoms with Gasteiger partial charge in [-0.25, -0.2) is 8.42 Å². The fourth-order valence-electron chi connectivity index (χ4n) is 2.50. The van der Waals surface area contributed by atoms with Crippen molar-refractivity contribution in [3.05, 3.63) is 70.7 Å². The fourth-order valence-corrected chi connectivity index (χ4v) is 4.17. The maximum atomic E-state index is 13.0. The molecule has 0 bridgehead atoms. The van der Waals surface area contributed by atoms with E-state index >= 15 is 0 Å². The highest BCUT2D eigenvalue weighted by Gasteiger charge is 2.22. The zero-order chi connectivity index (χ0) is 21.0. The van der Waals surface area contributed by atoms with E-state index in [1.807, 2.05) is 0 Å². The van der Waals surface area contributed by atoms with Crippen molar-refractivity contribution < 1.29 is 22.6 Å². The largest absolute Gasteiger partial charge is 0.497 e. The Hall–Kier alpha value is -2.61. The standard InChI is InChI=1S/C20H17Cl2NO5S/c1-26-15-5-7-16(8-6-15)28-18-9-3-13(21)11-17(18)23-29(24,25)20-12-14(22)4-10-19(20)27-2/h3-12,23H,1-2H3. The van der Waals surface area contributed by atoms with Crippen molar-refractivity contribution in [1.29, 1.82) is 0 Å². The molecule has 0 atom stereocenters. The average Bonchev–Trinajstić information content (AvgIpc) is 2.70. The number of methoxy groups -OCH3 is 2. The van der Waals surface area contributed by atoms with Crippen LogP contribution in [0.1, 0.15) is 0 Å². The SMILES string of the molecule is COc1ccc(Oc2ccc(Cl)cc2NS(=O)(=O)c2cc(Cl)ccc2OC)cc1. The summed E-state index contributed by atoms with van der Waals surface area (Å²) >= 11 is 12.0. The summed E-state index contributed by atoms with van der Waals surface area (Å²) < 4.78 is 44.5. The summed E-state index contributed by atoms with van der Waals surface area (Å²) in [5.41, 5.74) is 0.162. The van der Waals surface area contributed by atoms with Gasteiger partial charge in [0, 0.05) is 10.0 Å². The first-order chi connectivity index (χ1) is 13.8. The first kappa shape index (κ1) is 21.1. The normalized spacial score (nSPS) is 11.0. The molecule has 0 fully saturated rings. The molecule has 0 aliphatic heterocycles. The predicted molar refractivity (Wildman–Crippen MR) is 113 cm³/mol.